The van der Waals surface area contributed by atoms with E-state index in [-0.39, 0.29) is 17.2 Å². The molecule has 1 amide bonds. The fourth-order valence-corrected chi connectivity index (χ4v) is 1.99. The van der Waals surface area contributed by atoms with Crippen LogP contribution in [-0.4, -0.2) is 13.0 Å². The molecule has 1 aromatic carbocycles. The van der Waals surface area contributed by atoms with E-state index in [9.17, 15) is 4.79 Å². The van der Waals surface area contributed by atoms with Gasteiger partial charge in [0, 0.05) is 5.92 Å². The molecule has 1 aliphatic rings. The number of carbonyl (C=O) groups is 1. The van der Waals surface area contributed by atoms with Gasteiger partial charge in [-0.25, -0.2) is 0 Å². The lowest BCUT2D eigenvalue weighted by molar-refractivity contribution is -0.117. The molecule has 1 aliphatic carbocycles. The van der Waals surface area contributed by atoms with Gasteiger partial charge < -0.3 is 15.8 Å². The van der Waals surface area contributed by atoms with Crippen LogP contribution in [0.3, 0.4) is 0 Å². The van der Waals surface area contributed by atoms with Gasteiger partial charge in [0.05, 0.1) is 18.5 Å². The highest BCUT2D eigenvalue weighted by Crippen LogP contribution is 2.38. The second-order valence-electron chi connectivity index (χ2n) is 6.16. The molecule has 104 valence electrons. The molecule has 0 unspecified atom stereocenters. The number of nitrogens with two attached hydrogens (primary N) is 1. The van der Waals surface area contributed by atoms with Crippen LogP contribution in [0.25, 0.3) is 0 Å². The Bertz CT molecular complexity index is 500. The number of rotatable bonds is 3. The van der Waals surface area contributed by atoms with Gasteiger partial charge in [-0.15, -0.1) is 0 Å². The third kappa shape index (κ3) is 3.00. The molecule has 1 aromatic rings. The van der Waals surface area contributed by atoms with Crippen LogP contribution < -0.4 is 15.8 Å². The Morgan fingerprint density at radius 3 is 2.47 bits per heavy atom. The van der Waals surface area contributed by atoms with E-state index in [2.05, 4.69) is 26.1 Å². The number of carbonyl (C=O) groups excluding carboxylic acids is 1. The summed E-state index contributed by atoms with van der Waals surface area (Å²) in [5.41, 5.74) is 8.30. The Balaban J connectivity index is 2.37. The molecule has 0 aromatic heterocycles. The maximum atomic E-state index is 11.9. The number of nitrogens with one attached hydrogen (secondary N) is 1. The lowest BCUT2D eigenvalue weighted by Crippen LogP contribution is -2.17. The Hall–Kier alpha value is -1.71. The van der Waals surface area contributed by atoms with Gasteiger partial charge in [0.1, 0.15) is 0 Å². The van der Waals surface area contributed by atoms with Crippen molar-refractivity contribution in [3.8, 4) is 5.75 Å². The van der Waals surface area contributed by atoms with Crippen LogP contribution in [0, 0.1) is 5.92 Å². The first-order chi connectivity index (χ1) is 8.82. The monoisotopic (exact) mass is 262 g/mol. The van der Waals surface area contributed by atoms with Crippen molar-refractivity contribution in [2.75, 3.05) is 18.2 Å². The molecule has 4 nitrogen and oxygen atoms in total. The lowest BCUT2D eigenvalue weighted by Gasteiger charge is -2.22. The zero-order chi connectivity index (χ0) is 14.2. The molecule has 0 aliphatic heterocycles. The minimum atomic E-state index is -0.0283. The first kappa shape index (κ1) is 13.7. The average molecular weight is 262 g/mol. The van der Waals surface area contributed by atoms with Crippen molar-refractivity contribution in [1.82, 2.24) is 0 Å². The van der Waals surface area contributed by atoms with Crippen LogP contribution in [-0.2, 0) is 10.2 Å². The average Bonchev–Trinajstić information content (AvgIpc) is 3.10. The second kappa shape index (κ2) is 4.76. The molecule has 2 rings (SSSR count). The Morgan fingerprint density at radius 2 is 2.00 bits per heavy atom. The minimum absolute atomic E-state index is 0.0283. The maximum Gasteiger partial charge on any atom is 0.227 e. The normalized spacial score (nSPS) is 15.2. The molecule has 1 fully saturated rings. The van der Waals surface area contributed by atoms with Crippen molar-refractivity contribution in [1.29, 1.82) is 0 Å². The van der Waals surface area contributed by atoms with Gasteiger partial charge in [0.15, 0.2) is 5.75 Å². The lowest BCUT2D eigenvalue weighted by atomic mass is 9.86. The van der Waals surface area contributed by atoms with Gasteiger partial charge in [0.25, 0.3) is 0 Å². The molecule has 0 saturated heterocycles. The minimum Gasteiger partial charge on any atom is -0.492 e. The van der Waals surface area contributed by atoms with E-state index in [1.165, 1.54) is 0 Å². The highest BCUT2D eigenvalue weighted by Gasteiger charge is 2.30. The number of ether oxygens (including phenoxy) is 1. The summed E-state index contributed by atoms with van der Waals surface area (Å²) in [7, 11) is 1.56. The summed E-state index contributed by atoms with van der Waals surface area (Å²) < 4.78 is 5.31. The second-order valence-corrected chi connectivity index (χ2v) is 6.16. The Kier molecular flexibility index (Phi) is 3.43. The molecule has 0 atom stereocenters. The summed E-state index contributed by atoms with van der Waals surface area (Å²) in [4.78, 5) is 11.9. The van der Waals surface area contributed by atoms with Crippen molar-refractivity contribution in [3.05, 3.63) is 17.7 Å². The van der Waals surface area contributed by atoms with E-state index in [0.29, 0.717) is 17.1 Å². The number of hydrogen-bond donors (Lipinski definition) is 2. The zero-order valence-electron chi connectivity index (χ0n) is 12.0. The summed E-state index contributed by atoms with van der Waals surface area (Å²) in [6.45, 7) is 6.34. The van der Waals surface area contributed by atoms with E-state index in [1.807, 2.05) is 12.1 Å². The standard InChI is InChI=1S/C15H22N2O2/c1-15(2,3)10-7-11(16)13(19-4)12(8-10)17-14(18)9-5-6-9/h7-9H,5-6,16H2,1-4H3,(H,17,18). The number of anilines is 2. The number of nitrogen functional groups attached to an aromatic ring is 1. The van der Waals surface area contributed by atoms with E-state index in [4.69, 9.17) is 10.5 Å². The molecule has 1 saturated carbocycles. The third-order valence-electron chi connectivity index (χ3n) is 3.39. The molecule has 0 bridgehead atoms. The number of hydrogen-bond acceptors (Lipinski definition) is 3. The molecule has 0 spiro atoms. The molecule has 3 N–H and O–H groups in total. The molecule has 0 heterocycles. The third-order valence-corrected chi connectivity index (χ3v) is 3.39. The van der Waals surface area contributed by atoms with Crippen LogP contribution in [0.2, 0.25) is 0 Å². The summed E-state index contributed by atoms with van der Waals surface area (Å²) in [5, 5.41) is 2.93. The van der Waals surface area contributed by atoms with Gasteiger partial charge in [0.2, 0.25) is 5.91 Å². The van der Waals surface area contributed by atoms with Gasteiger partial charge in [-0.2, -0.15) is 0 Å². The largest absolute Gasteiger partial charge is 0.492 e. The van der Waals surface area contributed by atoms with Gasteiger partial charge in [-0.3, -0.25) is 4.79 Å². The molecular weight excluding hydrogens is 240 g/mol. The van der Waals surface area contributed by atoms with Gasteiger partial charge >= 0.3 is 0 Å². The van der Waals surface area contributed by atoms with Crippen molar-refractivity contribution in [3.63, 3.8) is 0 Å². The van der Waals surface area contributed by atoms with Gasteiger partial charge in [-0.1, -0.05) is 20.8 Å². The van der Waals surface area contributed by atoms with Crippen molar-refractivity contribution in [2.24, 2.45) is 5.92 Å². The van der Waals surface area contributed by atoms with Crippen LogP contribution in [0.1, 0.15) is 39.2 Å². The SMILES string of the molecule is COc1c(N)cc(C(C)(C)C)cc1NC(=O)C1CC1. The highest BCUT2D eigenvalue weighted by atomic mass is 16.5. The van der Waals surface area contributed by atoms with E-state index >= 15 is 0 Å². The highest BCUT2D eigenvalue weighted by molar-refractivity contribution is 5.96. The predicted octanol–water partition coefficient (Wildman–Crippen LogP) is 2.92. The molecule has 0 radical (unpaired) electrons. The van der Waals surface area contributed by atoms with Crippen molar-refractivity contribution >= 4 is 17.3 Å². The summed E-state index contributed by atoms with van der Waals surface area (Å²) >= 11 is 0. The summed E-state index contributed by atoms with van der Waals surface area (Å²) in [5.74, 6) is 0.759. The quantitative estimate of drug-likeness (QED) is 0.823. The predicted molar refractivity (Wildman–Crippen MR) is 77.5 cm³/mol. The Morgan fingerprint density at radius 1 is 1.37 bits per heavy atom. The topological polar surface area (TPSA) is 64.3 Å². The van der Waals surface area contributed by atoms with E-state index in [1.54, 1.807) is 7.11 Å². The first-order valence-corrected chi connectivity index (χ1v) is 6.62. The van der Waals surface area contributed by atoms with Crippen LogP contribution in [0.5, 0.6) is 5.75 Å². The van der Waals surface area contributed by atoms with E-state index < -0.39 is 0 Å². The van der Waals surface area contributed by atoms with Crippen LogP contribution >= 0.6 is 0 Å². The number of benzene rings is 1. The molecule has 19 heavy (non-hydrogen) atoms. The number of amides is 1. The van der Waals surface area contributed by atoms with Crippen molar-refractivity contribution < 1.29 is 9.53 Å². The zero-order valence-corrected chi connectivity index (χ0v) is 12.0. The van der Waals surface area contributed by atoms with Crippen LogP contribution in [0.15, 0.2) is 12.1 Å². The number of methoxy groups -OCH3 is 1. The van der Waals surface area contributed by atoms with Gasteiger partial charge in [-0.05, 0) is 36.0 Å². The smallest absolute Gasteiger partial charge is 0.227 e. The van der Waals surface area contributed by atoms with E-state index in [0.717, 1.165) is 18.4 Å². The fraction of sp³-hybridized carbons (Fsp3) is 0.533. The van der Waals surface area contributed by atoms with Crippen molar-refractivity contribution in [2.45, 2.75) is 39.0 Å². The maximum absolute atomic E-state index is 11.9. The van der Waals surface area contributed by atoms with Crippen LogP contribution in [0.4, 0.5) is 11.4 Å². The molecular formula is C15H22N2O2. The Labute approximate surface area is 114 Å². The fourth-order valence-electron chi connectivity index (χ4n) is 1.99. The first-order valence-electron chi connectivity index (χ1n) is 6.62. The summed E-state index contributed by atoms with van der Waals surface area (Å²) in [6, 6.07) is 3.86. The summed E-state index contributed by atoms with van der Waals surface area (Å²) in [6.07, 6.45) is 1.95. The molecule has 4 heteroatoms.